The predicted molar refractivity (Wildman–Crippen MR) is 54.7 cm³/mol. The van der Waals surface area contributed by atoms with Crippen LogP contribution < -0.4 is 0 Å². The Balaban J connectivity index is 2.39. The van der Waals surface area contributed by atoms with Crippen LogP contribution >= 0.6 is 0 Å². The van der Waals surface area contributed by atoms with Crippen LogP contribution in [0.25, 0.3) is 0 Å². The van der Waals surface area contributed by atoms with Gasteiger partial charge in [-0.3, -0.25) is 0 Å². The summed E-state index contributed by atoms with van der Waals surface area (Å²) >= 11 is 0. The minimum Gasteiger partial charge on any atom is -0.458 e. The molecule has 0 aromatic rings. The summed E-state index contributed by atoms with van der Waals surface area (Å²) in [6.07, 6.45) is 2.87. The molecule has 1 rings (SSSR count). The van der Waals surface area contributed by atoms with E-state index in [1.54, 1.807) is 6.82 Å². The maximum atomic E-state index is 10.9. The van der Waals surface area contributed by atoms with Crippen LogP contribution in [-0.2, 0) is 9.53 Å². The van der Waals surface area contributed by atoms with E-state index in [1.807, 2.05) is 4.81 Å². The molecule has 0 saturated carbocycles. The molecule has 1 aliphatic heterocycles. The molecule has 0 radical (unpaired) electrons. The summed E-state index contributed by atoms with van der Waals surface area (Å²) in [4.78, 5) is 12.8. The average Bonchev–Trinajstić information content (AvgIpc) is 2.18. The van der Waals surface area contributed by atoms with E-state index in [0.29, 0.717) is 6.54 Å². The summed E-state index contributed by atoms with van der Waals surface area (Å²) in [5.74, 6) is -0.387. The highest BCUT2D eigenvalue weighted by Crippen LogP contribution is 2.13. The summed E-state index contributed by atoms with van der Waals surface area (Å²) in [6.45, 7) is 6.53. The van der Waals surface area contributed by atoms with E-state index in [9.17, 15) is 9.82 Å². The van der Waals surface area contributed by atoms with Crippen molar-refractivity contribution in [2.24, 2.45) is 0 Å². The van der Waals surface area contributed by atoms with Crippen LogP contribution in [0, 0.1) is 0 Å². The SMILES string of the molecule is C=CC(=O)OC1CCCN(B(C)O)C1. The van der Waals surface area contributed by atoms with E-state index < -0.39 is 7.05 Å². The van der Waals surface area contributed by atoms with Crippen LogP contribution in [0.5, 0.6) is 0 Å². The summed E-state index contributed by atoms with van der Waals surface area (Å²) in [5.41, 5.74) is 0. The fraction of sp³-hybridized carbons (Fsp3) is 0.667. The molecule has 1 N–H and O–H groups in total. The zero-order valence-corrected chi connectivity index (χ0v) is 8.48. The van der Waals surface area contributed by atoms with Crippen LogP contribution in [-0.4, -0.2) is 42.0 Å². The molecule has 1 aliphatic rings. The number of carbonyl (C=O) groups is 1. The van der Waals surface area contributed by atoms with Crippen LogP contribution in [0.15, 0.2) is 12.7 Å². The normalized spacial score (nSPS) is 22.9. The molecule has 0 amide bonds. The van der Waals surface area contributed by atoms with Crippen molar-refractivity contribution in [3.05, 3.63) is 12.7 Å². The van der Waals surface area contributed by atoms with Gasteiger partial charge < -0.3 is 14.6 Å². The van der Waals surface area contributed by atoms with E-state index in [0.717, 1.165) is 19.4 Å². The molecule has 0 aromatic heterocycles. The molecule has 4 nitrogen and oxygen atoms in total. The van der Waals surface area contributed by atoms with Crippen LogP contribution in [0.3, 0.4) is 0 Å². The van der Waals surface area contributed by atoms with Crippen molar-refractivity contribution in [3.8, 4) is 0 Å². The van der Waals surface area contributed by atoms with E-state index in [1.165, 1.54) is 6.08 Å². The molecule has 5 heteroatoms. The van der Waals surface area contributed by atoms with Crippen LogP contribution in [0.2, 0.25) is 6.82 Å². The van der Waals surface area contributed by atoms with Gasteiger partial charge in [-0.2, -0.15) is 0 Å². The predicted octanol–water partition coefficient (Wildman–Crippen LogP) is 0.290. The number of nitrogens with zero attached hydrogens (tertiary/aromatic N) is 1. The van der Waals surface area contributed by atoms with Gasteiger partial charge in [0, 0.05) is 12.6 Å². The molecule has 1 fully saturated rings. The lowest BCUT2D eigenvalue weighted by molar-refractivity contribution is -0.144. The zero-order chi connectivity index (χ0) is 10.6. The Bertz CT molecular complexity index is 220. The fourth-order valence-electron chi connectivity index (χ4n) is 1.61. The van der Waals surface area contributed by atoms with Gasteiger partial charge in [-0.25, -0.2) is 4.79 Å². The summed E-state index contributed by atoms with van der Waals surface area (Å²) in [6, 6.07) is 0. The lowest BCUT2D eigenvalue weighted by Gasteiger charge is -2.32. The minimum absolute atomic E-state index is 0.108. The van der Waals surface area contributed by atoms with Gasteiger partial charge in [0.05, 0.1) is 0 Å². The molecular formula is C9H16BNO3. The molecule has 0 spiro atoms. The van der Waals surface area contributed by atoms with Crippen LogP contribution in [0.1, 0.15) is 12.8 Å². The molecule has 0 aliphatic carbocycles. The van der Waals surface area contributed by atoms with Gasteiger partial charge in [-0.1, -0.05) is 6.58 Å². The van der Waals surface area contributed by atoms with Crippen molar-refractivity contribution >= 4 is 13.0 Å². The topological polar surface area (TPSA) is 49.8 Å². The molecule has 78 valence electrons. The molecule has 1 unspecified atom stereocenters. The smallest absolute Gasteiger partial charge is 0.376 e. The number of hydrogen-bond acceptors (Lipinski definition) is 4. The van der Waals surface area contributed by atoms with Crippen LogP contribution in [0.4, 0.5) is 0 Å². The maximum absolute atomic E-state index is 10.9. The Kier molecular flexibility index (Phi) is 4.16. The molecule has 0 bridgehead atoms. The zero-order valence-electron chi connectivity index (χ0n) is 8.48. The van der Waals surface area contributed by atoms with E-state index >= 15 is 0 Å². The van der Waals surface area contributed by atoms with Crippen molar-refractivity contribution in [2.75, 3.05) is 13.1 Å². The van der Waals surface area contributed by atoms with E-state index in [2.05, 4.69) is 6.58 Å². The molecule has 0 aromatic carbocycles. The van der Waals surface area contributed by atoms with Gasteiger partial charge in [0.2, 0.25) is 0 Å². The van der Waals surface area contributed by atoms with Gasteiger partial charge in [-0.15, -0.1) is 0 Å². The Morgan fingerprint density at radius 3 is 3.07 bits per heavy atom. The van der Waals surface area contributed by atoms with Gasteiger partial charge >= 0.3 is 13.0 Å². The van der Waals surface area contributed by atoms with E-state index in [-0.39, 0.29) is 12.1 Å². The number of ether oxygens (including phenoxy) is 1. The fourth-order valence-corrected chi connectivity index (χ4v) is 1.61. The number of carbonyl (C=O) groups excluding carboxylic acids is 1. The first-order valence-corrected chi connectivity index (χ1v) is 4.88. The Morgan fingerprint density at radius 2 is 2.50 bits per heavy atom. The maximum Gasteiger partial charge on any atom is 0.376 e. The Morgan fingerprint density at radius 1 is 1.79 bits per heavy atom. The lowest BCUT2D eigenvalue weighted by Crippen LogP contribution is -2.47. The van der Waals surface area contributed by atoms with Crippen molar-refractivity contribution < 1.29 is 14.6 Å². The lowest BCUT2D eigenvalue weighted by atomic mass is 9.82. The number of piperidine rings is 1. The highest BCUT2D eigenvalue weighted by atomic mass is 16.5. The third kappa shape index (κ3) is 3.16. The van der Waals surface area contributed by atoms with Gasteiger partial charge in [0.1, 0.15) is 6.10 Å². The molecule has 1 atom stereocenters. The van der Waals surface area contributed by atoms with Crippen molar-refractivity contribution in [3.63, 3.8) is 0 Å². The van der Waals surface area contributed by atoms with E-state index in [4.69, 9.17) is 4.74 Å². The summed E-state index contributed by atoms with van der Waals surface area (Å²) < 4.78 is 5.11. The molecule has 1 heterocycles. The van der Waals surface area contributed by atoms with Gasteiger partial charge in [0.15, 0.2) is 0 Å². The number of hydrogen-bond donors (Lipinski definition) is 1. The average molecular weight is 197 g/mol. The largest absolute Gasteiger partial charge is 0.458 e. The standard InChI is InChI=1S/C9H16BNO3/c1-3-9(12)14-8-5-4-6-11(7-8)10(2)13/h3,8,13H,1,4-7H2,2H3. The highest BCUT2D eigenvalue weighted by Gasteiger charge is 2.26. The quantitative estimate of drug-likeness (QED) is 0.401. The second kappa shape index (κ2) is 5.17. The Hall–Kier alpha value is -0.805. The third-order valence-corrected chi connectivity index (χ3v) is 2.39. The number of rotatable bonds is 3. The van der Waals surface area contributed by atoms with Gasteiger partial charge in [0.25, 0.3) is 0 Å². The van der Waals surface area contributed by atoms with Crippen molar-refractivity contribution in [1.82, 2.24) is 4.81 Å². The third-order valence-electron chi connectivity index (χ3n) is 2.39. The number of esters is 1. The molecule has 1 saturated heterocycles. The van der Waals surface area contributed by atoms with Crippen molar-refractivity contribution in [2.45, 2.75) is 25.8 Å². The second-order valence-electron chi connectivity index (χ2n) is 3.53. The van der Waals surface area contributed by atoms with Crippen molar-refractivity contribution in [1.29, 1.82) is 0 Å². The first kappa shape index (κ1) is 11.3. The highest BCUT2D eigenvalue weighted by molar-refractivity contribution is 6.45. The van der Waals surface area contributed by atoms with Gasteiger partial charge in [-0.05, 0) is 26.2 Å². The summed E-state index contributed by atoms with van der Waals surface area (Å²) in [7, 11) is -0.472. The summed E-state index contributed by atoms with van der Waals surface area (Å²) in [5, 5.41) is 9.35. The molecule has 14 heavy (non-hydrogen) atoms. The first-order chi connectivity index (χ1) is 6.63. The minimum atomic E-state index is -0.472. The second-order valence-corrected chi connectivity index (χ2v) is 3.53. The Labute approximate surface area is 84.7 Å². The monoisotopic (exact) mass is 197 g/mol. The molecular weight excluding hydrogens is 181 g/mol. The first-order valence-electron chi connectivity index (χ1n) is 4.88.